The summed E-state index contributed by atoms with van der Waals surface area (Å²) in [5.74, 6) is 0. The molecule has 0 saturated carbocycles. The minimum absolute atomic E-state index is 0.0649. The van der Waals surface area contributed by atoms with E-state index in [4.69, 9.17) is 16.3 Å². The van der Waals surface area contributed by atoms with Gasteiger partial charge >= 0.3 is 0 Å². The molecule has 0 N–H and O–H groups in total. The van der Waals surface area contributed by atoms with Crippen molar-refractivity contribution in [1.82, 2.24) is 0 Å². The Hall–Kier alpha value is -0.510. The Morgan fingerprint density at radius 1 is 1.57 bits per heavy atom. The molecule has 1 aromatic carbocycles. The highest BCUT2D eigenvalue weighted by atomic mass is 35.5. The monoisotopic (exact) mass is 228 g/mol. The van der Waals surface area contributed by atoms with E-state index < -0.39 is 0 Å². The predicted molar refractivity (Wildman–Crippen MR) is 57.7 cm³/mol. The van der Waals surface area contributed by atoms with Crippen LogP contribution in [-0.4, -0.2) is 11.7 Å². The number of benzene rings is 1. The molecule has 0 bridgehead atoms. The van der Waals surface area contributed by atoms with Crippen LogP contribution in [0.5, 0.6) is 0 Å². The molecule has 0 spiro atoms. The van der Waals surface area contributed by atoms with Gasteiger partial charge in [-0.1, -0.05) is 11.6 Å². The first kappa shape index (κ1) is 10.0. The zero-order chi connectivity index (χ0) is 10.1. The van der Waals surface area contributed by atoms with E-state index in [-0.39, 0.29) is 10.6 Å². The number of hydrogen-bond donors (Lipinski definition) is 0. The van der Waals surface area contributed by atoms with Crippen LogP contribution in [0.1, 0.15) is 28.3 Å². The van der Waals surface area contributed by atoms with Crippen molar-refractivity contribution in [3.8, 4) is 0 Å². The molecule has 0 aromatic heterocycles. The average molecular weight is 229 g/mol. The number of fused-ring (bicyclic) bond motifs is 1. The molecule has 0 aliphatic carbocycles. The third-order valence-corrected chi connectivity index (χ3v) is 3.29. The minimum Gasteiger partial charge on any atom is -0.363 e. The molecule has 2 rings (SSSR count). The average Bonchev–Trinajstić information content (AvgIpc) is 2.44. The summed E-state index contributed by atoms with van der Waals surface area (Å²) in [5, 5.41) is 0.707. The van der Waals surface area contributed by atoms with Crippen LogP contribution in [0.25, 0.3) is 0 Å². The van der Waals surface area contributed by atoms with E-state index in [1.165, 1.54) is 11.8 Å². The summed E-state index contributed by atoms with van der Waals surface area (Å²) in [7, 11) is 0. The first-order valence-electron chi connectivity index (χ1n) is 4.34. The molecule has 0 saturated heterocycles. The van der Waals surface area contributed by atoms with E-state index in [0.717, 1.165) is 11.1 Å². The van der Waals surface area contributed by atoms with Crippen LogP contribution in [0.15, 0.2) is 18.2 Å². The Morgan fingerprint density at radius 2 is 2.36 bits per heavy atom. The second-order valence-electron chi connectivity index (χ2n) is 2.92. The number of rotatable bonds is 2. The largest absolute Gasteiger partial charge is 0.363 e. The molecule has 2 nitrogen and oxygen atoms in total. The maximum absolute atomic E-state index is 11.5. The van der Waals surface area contributed by atoms with E-state index >= 15 is 0 Å². The fourth-order valence-corrected chi connectivity index (χ4v) is 2.63. The Kier molecular flexibility index (Phi) is 2.81. The van der Waals surface area contributed by atoms with Crippen molar-refractivity contribution in [3.63, 3.8) is 0 Å². The molecule has 1 aliphatic heterocycles. The van der Waals surface area contributed by atoms with Crippen molar-refractivity contribution in [1.29, 1.82) is 0 Å². The second-order valence-corrected chi connectivity index (χ2v) is 4.40. The Bertz CT molecular complexity index is 378. The van der Waals surface area contributed by atoms with Crippen molar-refractivity contribution in [2.45, 2.75) is 12.4 Å². The zero-order valence-corrected chi connectivity index (χ0v) is 9.19. The first-order valence-corrected chi connectivity index (χ1v) is 5.60. The molecule has 14 heavy (non-hydrogen) atoms. The maximum Gasteiger partial charge on any atom is 0.222 e. The summed E-state index contributed by atoms with van der Waals surface area (Å²) in [6.45, 7) is 2.50. The summed E-state index contributed by atoms with van der Waals surface area (Å²) >= 11 is 7.07. The highest BCUT2D eigenvalue weighted by molar-refractivity contribution is 8.14. The lowest BCUT2D eigenvalue weighted by Crippen LogP contribution is -1.96. The summed E-state index contributed by atoms with van der Waals surface area (Å²) in [6, 6.07) is 5.29. The van der Waals surface area contributed by atoms with E-state index in [9.17, 15) is 4.79 Å². The van der Waals surface area contributed by atoms with Gasteiger partial charge in [-0.15, -0.1) is 0 Å². The van der Waals surface area contributed by atoms with Crippen LogP contribution in [0.4, 0.5) is 0 Å². The number of halogens is 1. The number of carbonyl (C=O) groups excluding carboxylic acids is 1. The third-order valence-electron chi connectivity index (χ3n) is 2.02. The molecule has 1 atom stereocenters. The van der Waals surface area contributed by atoms with Crippen LogP contribution in [-0.2, 0) is 4.74 Å². The van der Waals surface area contributed by atoms with Crippen molar-refractivity contribution in [2.24, 2.45) is 0 Å². The quantitative estimate of drug-likeness (QED) is 0.777. The van der Waals surface area contributed by atoms with Crippen LogP contribution in [0, 0.1) is 0 Å². The standard InChI is InChI=1S/C10H9ClO2S/c1-2-13-10-8-5-6(11)3-4-7(8)9(12)14-10/h3-5,10H,2H2,1H3. The highest BCUT2D eigenvalue weighted by Gasteiger charge is 2.30. The van der Waals surface area contributed by atoms with Gasteiger partial charge in [-0.3, -0.25) is 4.79 Å². The van der Waals surface area contributed by atoms with E-state index in [1.807, 2.05) is 6.92 Å². The van der Waals surface area contributed by atoms with Crippen molar-refractivity contribution in [3.05, 3.63) is 34.3 Å². The highest BCUT2D eigenvalue weighted by Crippen LogP contribution is 2.42. The summed E-state index contributed by atoms with van der Waals surface area (Å²) in [4.78, 5) is 11.5. The first-order chi connectivity index (χ1) is 6.72. The van der Waals surface area contributed by atoms with Gasteiger partial charge in [0.1, 0.15) is 5.44 Å². The molecule has 0 amide bonds. The van der Waals surface area contributed by atoms with E-state index in [2.05, 4.69) is 0 Å². The van der Waals surface area contributed by atoms with Gasteiger partial charge in [0.25, 0.3) is 0 Å². The van der Waals surface area contributed by atoms with Gasteiger partial charge in [0, 0.05) is 22.8 Å². The molecule has 1 aliphatic rings. The van der Waals surface area contributed by atoms with Crippen LogP contribution >= 0.6 is 23.4 Å². The van der Waals surface area contributed by atoms with Gasteiger partial charge in [0.05, 0.1) is 0 Å². The number of carbonyl (C=O) groups is 1. The SMILES string of the molecule is CCOC1SC(=O)c2ccc(Cl)cc21. The smallest absolute Gasteiger partial charge is 0.222 e. The molecular formula is C10H9ClO2S. The topological polar surface area (TPSA) is 26.3 Å². The van der Waals surface area contributed by atoms with Gasteiger partial charge in [0.2, 0.25) is 5.12 Å². The lowest BCUT2D eigenvalue weighted by atomic mass is 10.1. The number of ether oxygens (including phenoxy) is 1. The fourth-order valence-electron chi connectivity index (χ4n) is 1.41. The molecule has 1 unspecified atom stereocenters. The van der Waals surface area contributed by atoms with E-state index in [1.54, 1.807) is 18.2 Å². The lowest BCUT2D eigenvalue weighted by molar-refractivity contribution is 0.108. The number of hydrogen-bond acceptors (Lipinski definition) is 3. The normalized spacial score (nSPS) is 19.9. The molecule has 1 heterocycles. The lowest BCUT2D eigenvalue weighted by Gasteiger charge is -2.09. The zero-order valence-electron chi connectivity index (χ0n) is 7.62. The summed E-state index contributed by atoms with van der Waals surface area (Å²) in [6.07, 6.45) is 0. The summed E-state index contributed by atoms with van der Waals surface area (Å²) in [5.41, 5.74) is 1.44. The maximum atomic E-state index is 11.5. The molecule has 0 radical (unpaired) electrons. The number of thioether (sulfide) groups is 1. The van der Waals surface area contributed by atoms with Crippen molar-refractivity contribution in [2.75, 3.05) is 6.61 Å². The minimum atomic E-state index is -0.179. The molecule has 74 valence electrons. The third kappa shape index (κ3) is 1.67. The molecule has 0 fully saturated rings. The van der Waals surface area contributed by atoms with Gasteiger partial charge < -0.3 is 4.74 Å². The van der Waals surface area contributed by atoms with Crippen molar-refractivity contribution < 1.29 is 9.53 Å². The predicted octanol–water partition coefficient (Wildman–Crippen LogP) is 3.26. The fraction of sp³-hybridized carbons (Fsp3) is 0.300. The van der Waals surface area contributed by atoms with Gasteiger partial charge in [-0.25, -0.2) is 0 Å². The van der Waals surface area contributed by atoms with Crippen LogP contribution in [0.3, 0.4) is 0 Å². The Balaban J connectivity index is 2.40. The Labute approximate surface area is 91.6 Å². The molecule has 1 aromatic rings. The summed E-state index contributed by atoms with van der Waals surface area (Å²) < 4.78 is 5.44. The van der Waals surface area contributed by atoms with Crippen LogP contribution < -0.4 is 0 Å². The van der Waals surface area contributed by atoms with Gasteiger partial charge in [-0.2, -0.15) is 0 Å². The Morgan fingerprint density at radius 3 is 3.07 bits per heavy atom. The second kappa shape index (κ2) is 3.93. The van der Waals surface area contributed by atoms with Gasteiger partial charge in [0.15, 0.2) is 0 Å². The molecular weight excluding hydrogens is 220 g/mol. The van der Waals surface area contributed by atoms with E-state index in [0.29, 0.717) is 11.6 Å². The van der Waals surface area contributed by atoms with Crippen LogP contribution in [0.2, 0.25) is 5.02 Å². The molecule has 4 heteroatoms. The van der Waals surface area contributed by atoms with Gasteiger partial charge in [-0.05, 0) is 36.9 Å². The van der Waals surface area contributed by atoms with Crippen molar-refractivity contribution >= 4 is 28.5 Å².